The Bertz CT molecular complexity index is 723. The molecular formula is C19H21NO4. The molecule has 0 fully saturated rings. The third-order valence-electron chi connectivity index (χ3n) is 3.68. The molecule has 0 spiro atoms. The van der Waals surface area contributed by atoms with Crippen LogP contribution in [0, 0.1) is 6.92 Å². The fourth-order valence-corrected chi connectivity index (χ4v) is 2.39. The first-order chi connectivity index (χ1) is 11.5. The SMILES string of the molecule is COC(=O)c1ccc(C(=O)NCCc2cc(C)ccc2OC)cc1. The van der Waals surface area contributed by atoms with E-state index in [9.17, 15) is 9.59 Å². The Hall–Kier alpha value is -2.82. The van der Waals surface area contributed by atoms with Crippen LogP contribution in [0.4, 0.5) is 0 Å². The first kappa shape index (κ1) is 17.5. The van der Waals surface area contributed by atoms with Gasteiger partial charge >= 0.3 is 5.97 Å². The van der Waals surface area contributed by atoms with E-state index in [0.717, 1.165) is 16.9 Å². The number of ether oxygens (including phenoxy) is 2. The number of carbonyl (C=O) groups excluding carboxylic acids is 2. The standard InChI is InChI=1S/C19H21NO4/c1-13-4-9-17(23-2)16(12-13)10-11-20-18(21)14-5-7-15(8-6-14)19(22)24-3/h4-9,12H,10-11H2,1-3H3,(H,20,21). The van der Waals surface area contributed by atoms with Crippen LogP contribution in [-0.2, 0) is 11.2 Å². The Morgan fingerprint density at radius 2 is 1.67 bits per heavy atom. The summed E-state index contributed by atoms with van der Waals surface area (Å²) in [5.74, 6) is 0.212. The van der Waals surface area contributed by atoms with E-state index in [2.05, 4.69) is 16.1 Å². The van der Waals surface area contributed by atoms with Crippen molar-refractivity contribution in [3.8, 4) is 5.75 Å². The molecule has 0 unspecified atom stereocenters. The van der Waals surface area contributed by atoms with Gasteiger partial charge in [-0.3, -0.25) is 4.79 Å². The van der Waals surface area contributed by atoms with E-state index in [1.165, 1.54) is 7.11 Å². The van der Waals surface area contributed by atoms with Crippen molar-refractivity contribution in [1.29, 1.82) is 0 Å². The van der Waals surface area contributed by atoms with E-state index >= 15 is 0 Å². The first-order valence-corrected chi connectivity index (χ1v) is 7.65. The molecule has 0 aromatic heterocycles. The zero-order valence-corrected chi connectivity index (χ0v) is 14.1. The summed E-state index contributed by atoms with van der Waals surface area (Å²) in [4.78, 5) is 23.5. The minimum absolute atomic E-state index is 0.182. The molecule has 24 heavy (non-hydrogen) atoms. The maximum absolute atomic E-state index is 12.1. The lowest BCUT2D eigenvalue weighted by atomic mass is 10.1. The van der Waals surface area contributed by atoms with Gasteiger partial charge in [0, 0.05) is 12.1 Å². The van der Waals surface area contributed by atoms with Gasteiger partial charge in [0.2, 0.25) is 0 Å². The molecule has 5 nitrogen and oxygen atoms in total. The van der Waals surface area contributed by atoms with E-state index in [-0.39, 0.29) is 5.91 Å². The normalized spacial score (nSPS) is 10.1. The second kappa shape index (κ2) is 8.15. The second-order valence-electron chi connectivity index (χ2n) is 5.39. The summed E-state index contributed by atoms with van der Waals surface area (Å²) >= 11 is 0. The van der Waals surface area contributed by atoms with Gasteiger partial charge in [-0.25, -0.2) is 4.79 Å². The van der Waals surface area contributed by atoms with Gasteiger partial charge in [-0.15, -0.1) is 0 Å². The smallest absolute Gasteiger partial charge is 0.337 e. The molecule has 1 N–H and O–H groups in total. The molecule has 2 rings (SSSR count). The number of methoxy groups -OCH3 is 2. The lowest BCUT2D eigenvalue weighted by molar-refractivity contribution is 0.0600. The van der Waals surface area contributed by atoms with E-state index in [4.69, 9.17) is 4.74 Å². The molecule has 0 aliphatic rings. The van der Waals surface area contributed by atoms with Crippen molar-refractivity contribution in [1.82, 2.24) is 5.32 Å². The maximum atomic E-state index is 12.1. The van der Waals surface area contributed by atoms with Crippen molar-refractivity contribution in [2.75, 3.05) is 20.8 Å². The number of amides is 1. The molecule has 0 saturated carbocycles. The van der Waals surface area contributed by atoms with Gasteiger partial charge in [-0.05, 0) is 49.2 Å². The van der Waals surface area contributed by atoms with E-state index < -0.39 is 5.97 Å². The van der Waals surface area contributed by atoms with Gasteiger partial charge in [0.1, 0.15) is 5.75 Å². The van der Waals surface area contributed by atoms with Crippen LogP contribution >= 0.6 is 0 Å². The fourth-order valence-electron chi connectivity index (χ4n) is 2.39. The van der Waals surface area contributed by atoms with E-state index in [1.54, 1.807) is 31.4 Å². The van der Waals surface area contributed by atoms with E-state index in [1.807, 2.05) is 19.1 Å². The molecule has 0 heterocycles. The number of carbonyl (C=O) groups is 2. The summed E-state index contributed by atoms with van der Waals surface area (Å²) in [7, 11) is 2.96. The fraction of sp³-hybridized carbons (Fsp3) is 0.263. The van der Waals surface area contributed by atoms with Crippen LogP contribution in [0.5, 0.6) is 5.75 Å². The number of hydrogen-bond donors (Lipinski definition) is 1. The Balaban J connectivity index is 1.94. The molecule has 0 aliphatic carbocycles. The Morgan fingerprint density at radius 1 is 1.00 bits per heavy atom. The second-order valence-corrected chi connectivity index (χ2v) is 5.39. The molecule has 0 aliphatic heterocycles. The number of rotatable bonds is 6. The molecule has 2 aromatic carbocycles. The number of nitrogens with one attached hydrogen (secondary N) is 1. The average Bonchev–Trinajstić information content (AvgIpc) is 2.61. The number of aryl methyl sites for hydroxylation is 1. The molecular weight excluding hydrogens is 306 g/mol. The van der Waals surface area contributed by atoms with Crippen molar-refractivity contribution in [2.45, 2.75) is 13.3 Å². The maximum Gasteiger partial charge on any atom is 0.337 e. The predicted molar refractivity (Wildman–Crippen MR) is 91.5 cm³/mol. The molecule has 5 heteroatoms. The predicted octanol–water partition coefficient (Wildman–Crippen LogP) is 2.76. The summed E-state index contributed by atoms with van der Waals surface area (Å²) < 4.78 is 9.96. The largest absolute Gasteiger partial charge is 0.496 e. The van der Waals surface area contributed by atoms with Crippen LogP contribution in [0.2, 0.25) is 0 Å². The zero-order valence-electron chi connectivity index (χ0n) is 14.1. The highest BCUT2D eigenvalue weighted by atomic mass is 16.5. The van der Waals surface area contributed by atoms with Crippen molar-refractivity contribution in [3.05, 3.63) is 64.7 Å². The van der Waals surface area contributed by atoms with Gasteiger partial charge in [-0.2, -0.15) is 0 Å². The van der Waals surface area contributed by atoms with E-state index in [0.29, 0.717) is 24.1 Å². The van der Waals surface area contributed by atoms with Crippen LogP contribution in [0.15, 0.2) is 42.5 Å². The minimum atomic E-state index is -0.423. The molecule has 126 valence electrons. The van der Waals surface area contributed by atoms with Gasteiger partial charge in [0.15, 0.2) is 0 Å². The summed E-state index contributed by atoms with van der Waals surface area (Å²) in [6.45, 7) is 2.52. The monoisotopic (exact) mass is 327 g/mol. The van der Waals surface area contributed by atoms with Gasteiger partial charge < -0.3 is 14.8 Å². The quantitative estimate of drug-likeness (QED) is 0.829. The molecule has 0 radical (unpaired) electrons. The highest BCUT2D eigenvalue weighted by Gasteiger charge is 2.09. The van der Waals surface area contributed by atoms with Crippen LogP contribution < -0.4 is 10.1 Å². The van der Waals surface area contributed by atoms with Gasteiger partial charge in [0.05, 0.1) is 19.8 Å². The van der Waals surface area contributed by atoms with Crippen molar-refractivity contribution in [3.63, 3.8) is 0 Å². The molecule has 1 amide bonds. The van der Waals surface area contributed by atoms with Gasteiger partial charge in [-0.1, -0.05) is 17.7 Å². The van der Waals surface area contributed by atoms with Crippen molar-refractivity contribution in [2.24, 2.45) is 0 Å². The highest BCUT2D eigenvalue weighted by Crippen LogP contribution is 2.19. The Labute approximate surface area is 141 Å². The average molecular weight is 327 g/mol. The van der Waals surface area contributed by atoms with Crippen LogP contribution in [-0.4, -0.2) is 32.6 Å². The summed E-state index contributed by atoms with van der Waals surface area (Å²) in [5, 5.41) is 2.87. The lowest BCUT2D eigenvalue weighted by Gasteiger charge is -2.10. The van der Waals surface area contributed by atoms with Crippen LogP contribution in [0.1, 0.15) is 31.8 Å². The van der Waals surface area contributed by atoms with Crippen LogP contribution in [0.3, 0.4) is 0 Å². The van der Waals surface area contributed by atoms with Crippen molar-refractivity contribution < 1.29 is 19.1 Å². The summed E-state index contributed by atoms with van der Waals surface area (Å²) in [6.07, 6.45) is 0.677. The number of hydrogen-bond acceptors (Lipinski definition) is 4. The molecule has 2 aromatic rings. The third kappa shape index (κ3) is 4.35. The Morgan fingerprint density at radius 3 is 2.29 bits per heavy atom. The van der Waals surface area contributed by atoms with Gasteiger partial charge in [0.25, 0.3) is 5.91 Å². The summed E-state index contributed by atoms with van der Waals surface area (Å²) in [6, 6.07) is 12.3. The minimum Gasteiger partial charge on any atom is -0.496 e. The molecule has 0 saturated heterocycles. The van der Waals surface area contributed by atoms with Crippen molar-refractivity contribution >= 4 is 11.9 Å². The number of benzene rings is 2. The molecule has 0 bridgehead atoms. The molecule has 0 atom stereocenters. The number of esters is 1. The first-order valence-electron chi connectivity index (χ1n) is 7.65. The highest BCUT2D eigenvalue weighted by molar-refractivity contribution is 5.96. The topological polar surface area (TPSA) is 64.6 Å². The lowest BCUT2D eigenvalue weighted by Crippen LogP contribution is -2.25. The Kier molecular flexibility index (Phi) is 5.95. The zero-order chi connectivity index (χ0) is 17.5. The van der Waals surface area contributed by atoms with Crippen LogP contribution in [0.25, 0.3) is 0 Å². The third-order valence-corrected chi connectivity index (χ3v) is 3.68. The summed E-state index contributed by atoms with van der Waals surface area (Å²) in [5.41, 5.74) is 3.12.